The number of hydrogen-bond donors (Lipinski definition) is 1. The minimum absolute atomic E-state index is 0.261. The number of aryl methyl sites for hydroxylation is 1. The van der Waals surface area contributed by atoms with Gasteiger partial charge in [0.1, 0.15) is 13.7 Å². The number of benzene rings is 3. The molecule has 0 atom stereocenters. The lowest BCUT2D eigenvalue weighted by atomic mass is 9.81. The molecule has 0 aliphatic rings. The van der Waals surface area contributed by atoms with Crippen LogP contribution in [0.5, 0.6) is 0 Å². The van der Waals surface area contributed by atoms with Crippen molar-refractivity contribution in [1.29, 1.82) is 0 Å². The predicted molar refractivity (Wildman–Crippen MR) is 145 cm³/mol. The summed E-state index contributed by atoms with van der Waals surface area (Å²) in [5.41, 5.74) is 4.46. The fourth-order valence-electron chi connectivity index (χ4n) is 3.64. The zero-order valence-corrected chi connectivity index (χ0v) is 21.6. The highest BCUT2D eigenvalue weighted by molar-refractivity contribution is 6.35. The van der Waals surface area contributed by atoms with Crippen LogP contribution in [0.1, 0.15) is 41.1 Å². The van der Waals surface area contributed by atoms with E-state index in [2.05, 4.69) is 36.9 Å². The Labute approximate surface area is 216 Å². The molecule has 1 aromatic heterocycles. The van der Waals surface area contributed by atoms with Crippen LogP contribution in [0.2, 0.25) is 26.4 Å². The minimum Gasteiger partial charge on any atom is -0.346 e. The molecule has 4 rings (SSSR count). The monoisotopic (exact) mass is 516 g/mol. The molecule has 0 unspecified atom stereocenters. The van der Waals surface area contributed by atoms with Gasteiger partial charge in [0, 0.05) is 44.3 Å². The number of nitrogens with one attached hydrogen (secondary N) is 1. The van der Waals surface area contributed by atoms with Gasteiger partial charge in [-0.1, -0.05) is 102 Å². The Morgan fingerprint density at radius 3 is 1.94 bits per heavy atom. The van der Waals surface area contributed by atoms with Gasteiger partial charge in [-0.15, -0.1) is 0 Å². The van der Waals surface area contributed by atoms with E-state index in [1.54, 1.807) is 6.07 Å². The second-order valence-corrected chi connectivity index (χ2v) is 9.28. The van der Waals surface area contributed by atoms with Gasteiger partial charge in [0.15, 0.2) is 0 Å². The number of aromatic nitrogens is 2. The summed E-state index contributed by atoms with van der Waals surface area (Å²) >= 11 is 24.4. The van der Waals surface area contributed by atoms with Crippen LogP contribution in [0.25, 0.3) is 0 Å². The fourth-order valence-corrected chi connectivity index (χ4v) is 4.65. The smallest absolute Gasteiger partial charge is 0.110 e. The zero-order chi connectivity index (χ0) is 23.8. The fraction of sp³-hybridized carbons (Fsp3) is 0.192. The van der Waals surface area contributed by atoms with Crippen LogP contribution >= 0.6 is 46.4 Å². The van der Waals surface area contributed by atoms with Crippen LogP contribution in [0.4, 0.5) is 0 Å². The van der Waals surface area contributed by atoms with Crippen molar-refractivity contribution in [2.45, 2.75) is 32.0 Å². The normalized spacial score (nSPS) is 10.7. The molecule has 2 nitrogen and oxygen atoms in total. The van der Waals surface area contributed by atoms with Gasteiger partial charge >= 0.3 is 0 Å². The summed E-state index contributed by atoms with van der Waals surface area (Å²) in [4.78, 5) is 7.55. The SMILES string of the molecule is BCC(c1ccccc1Cl)c1ccccc1Cl.CCc1cnc(Cc2ccc(Cl)cc2Cl)[nH]1. The summed E-state index contributed by atoms with van der Waals surface area (Å²) in [6.07, 6.45) is 4.50. The van der Waals surface area contributed by atoms with Crippen LogP contribution in [-0.2, 0) is 12.8 Å². The molecule has 33 heavy (non-hydrogen) atoms. The maximum Gasteiger partial charge on any atom is 0.110 e. The minimum atomic E-state index is 0.261. The van der Waals surface area contributed by atoms with E-state index in [1.807, 2.05) is 54.7 Å². The van der Waals surface area contributed by atoms with Crippen LogP contribution in [0.15, 0.2) is 72.9 Å². The number of hydrogen-bond acceptors (Lipinski definition) is 1. The van der Waals surface area contributed by atoms with E-state index in [9.17, 15) is 0 Å². The number of nitrogens with zero attached hydrogens (tertiary/aromatic N) is 1. The van der Waals surface area contributed by atoms with Gasteiger partial charge in [-0.05, 0) is 47.4 Å². The first kappa shape index (κ1) is 25.7. The third-order valence-corrected chi connectivity index (χ3v) is 6.68. The van der Waals surface area contributed by atoms with Crippen molar-refractivity contribution < 1.29 is 0 Å². The van der Waals surface area contributed by atoms with Crippen LogP contribution in [0, 0.1) is 0 Å². The molecule has 0 bridgehead atoms. The van der Waals surface area contributed by atoms with Crippen molar-refractivity contribution in [1.82, 2.24) is 9.97 Å². The standard InChI is InChI=1S/C14H13BCl2.C12H12Cl2N2/c15-9-12(10-5-1-3-7-13(10)16)11-6-2-4-8-14(11)17;1-2-10-7-15-12(16-10)5-8-3-4-9(13)6-11(8)14/h1-8,12H,9,15H2;3-4,6-7H,2,5H2,1H3,(H,15,16). The Morgan fingerprint density at radius 2 is 1.45 bits per heavy atom. The maximum absolute atomic E-state index is 6.26. The lowest BCUT2D eigenvalue weighted by Gasteiger charge is -2.18. The number of aromatic amines is 1. The molecule has 0 saturated heterocycles. The van der Waals surface area contributed by atoms with Crippen molar-refractivity contribution in [3.05, 3.63) is 121 Å². The number of halogens is 4. The largest absolute Gasteiger partial charge is 0.346 e. The first-order chi connectivity index (χ1) is 15.9. The van der Waals surface area contributed by atoms with Gasteiger partial charge in [0.2, 0.25) is 0 Å². The third-order valence-electron chi connectivity index (χ3n) is 5.40. The molecule has 0 radical (unpaired) electrons. The quantitative estimate of drug-likeness (QED) is 0.257. The summed E-state index contributed by atoms with van der Waals surface area (Å²) in [6, 6.07) is 21.4. The van der Waals surface area contributed by atoms with Gasteiger partial charge in [-0.3, -0.25) is 0 Å². The molecule has 0 spiro atoms. The Kier molecular flexibility index (Phi) is 9.76. The van der Waals surface area contributed by atoms with Gasteiger partial charge in [-0.2, -0.15) is 0 Å². The van der Waals surface area contributed by atoms with E-state index < -0.39 is 0 Å². The highest BCUT2D eigenvalue weighted by atomic mass is 35.5. The summed E-state index contributed by atoms with van der Waals surface area (Å²) < 4.78 is 0. The summed E-state index contributed by atoms with van der Waals surface area (Å²) in [6.45, 7) is 2.09. The van der Waals surface area contributed by atoms with Crippen LogP contribution in [0.3, 0.4) is 0 Å². The van der Waals surface area contributed by atoms with E-state index in [0.717, 1.165) is 51.0 Å². The molecule has 4 aromatic rings. The first-order valence-corrected chi connectivity index (χ1v) is 12.4. The van der Waals surface area contributed by atoms with Crippen molar-refractivity contribution >= 4 is 54.3 Å². The molecule has 1 N–H and O–H groups in total. The molecule has 170 valence electrons. The summed E-state index contributed by atoms with van der Waals surface area (Å²) in [5, 5.41) is 2.95. The second kappa shape index (κ2) is 12.5. The summed E-state index contributed by atoms with van der Waals surface area (Å²) in [5.74, 6) is 1.19. The summed E-state index contributed by atoms with van der Waals surface area (Å²) in [7, 11) is 2.15. The van der Waals surface area contributed by atoms with Gasteiger partial charge < -0.3 is 4.98 Å². The molecular formula is C26H25BCl4N2. The molecule has 7 heteroatoms. The van der Waals surface area contributed by atoms with Crippen molar-refractivity contribution in [2.75, 3.05) is 0 Å². The lowest BCUT2D eigenvalue weighted by Crippen LogP contribution is -2.02. The molecule has 0 amide bonds. The topological polar surface area (TPSA) is 28.7 Å². The lowest BCUT2D eigenvalue weighted by molar-refractivity contribution is 0.920. The number of imidazole rings is 1. The zero-order valence-electron chi connectivity index (χ0n) is 18.6. The van der Waals surface area contributed by atoms with E-state index >= 15 is 0 Å². The van der Waals surface area contributed by atoms with E-state index in [4.69, 9.17) is 46.4 Å². The average molecular weight is 518 g/mol. The number of H-pyrrole nitrogens is 1. The van der Waals surface area contributed by atoms with Crippen molar-refractivity contribution in [3.63, 3.8) is 0 Å². The average Bonchev–Trinajstić information content (AvgIpc) is 3.27. The van der Waals surface area contributed by atoms with Gasteiger partial charge in [0.05, 0.1) is 0 Å². The first-order valence-electron chi connectivity index (χ1n) is 10.9. The van der Waals surface area contributed by atoms with Gasteiger partial charge in [0.25, 0.3) is 0 Å². The molecule has 0 aliphatic heterocycles. The molecular weight excluding hydrogens is 493 g/mol. The van der Waals surface area contributed by atoms with E-state index in [-0.39, 0.29) is 5.92 Å². The van der Waals surface area contributed by atoms with Crippen LogP contribution in [-0.4, -0.2) is 17.8 Å². The molecule has 0 saturated carbocycles. The predicted octanol–water partition coefficient (Wildman–Crippen LogP) is 8.05. The van der Waals surface area contributed by atoms with Crippen LogP contribution < -0.4 is 0 Å². The molecule has 0 fully saturated rings. The van der Waals surface area contributed by atoms with E-state index in [0.29, 0.717) is 16.5 Å². The van der Waals surface area contributed by atoms with Crippen molar-refractivity contribution in [3.8, 4) is 0 Å². The molecule has 3 aromatic carbocycles. The van der Waals surface area contributed by atoms with E-state index in [1.165, 1.54) is 0 Å². The highest BCUT2D eigenvalue weighted by Crippen LogP contribution is 2.35. The second-order valence-electron chi connectivity index (χ2n) is 7.63. The number of rotatable bonds is 6. The van der Waals surface area contributed by atoms with Crippen molar-refractivity contribution in [2.24, 2.45) is 0 Å². The molecule has 0 aliphatic carbocycles. The highest BCUT2D eigenvalue weighted by Gasteiger charge is 2.16. The maximum atomic E-state index is 6.26. The third kappa shape index (κ3) is 7.04. The Hall–Kier alpha value is -1.91. The Balaban J connectivity index is 0.000000186. The molecule has 1 heterocycles. The Morgan fingerprint density at radius 1 is 0.848 bits per heavy atom. The van der Waals surface area contributed by atoms with Gasteiger partial charge in [-0.25, -0.2) is 4.98 Å². The Bertz CT molecular complexity index is 1150.